The first-order valence-electron chi connectivity index (χ1n) is 3.74. The van der Waals surface area contributed by atoms with Crippen LogP contribution >= 0.6 is 11.6 Å². The normalized spacial score (nSPS) is 11.5. The first kappa shape index (κ1) is 10.4. The molecule has 2 N–H and O–H groups in total. The van der Waals surface area contributed by atoms with Gasteiger partial charge in [-0.05, 0) is 23.2 Å². The number of nitrogens with zero attached hydrogens (tertiary/aromatic N) is 3. The molecule has 5 nitrogen and oxygen atoms in total. The van der Waals surface area contributed by atoms with Gasteiger partial charge in [0.2, 0.25) is 5.91 Å². The third-order valence-corrected chi connectivity index (χ3v) is 1.84. The number of carbonyl (C=O) groups excluding carboxylic acids is 1. The fourth-order valence-corrected chi connectivity index (χ4v) is 1.21. The third-order valence-electron chi connectivity index (χ3n) is 1.60. The fraction of sp³-hybridized carbons (Fsp3) is 0.125. The van der Waals surface area contributed by atoms with Gasteiger partial charge in [0.25, 0.3) is 0 Å². The van der Waals surface area contributed by atoms with Gasteiger partial charge < -0.3 is 5.73 Å². The van der Waals surface area contributed by atoms with E-state index in [2.05, 4.69) is 10.0 Å². The number of primary amides is 1. The molecule has 0 saturated carbocycles. The van der Waals surface area contributed by atoms with Gasteiger partial charge in [0.05, 0.1) is 0 Å². The number of amides is 1. The number of rotatable bonds is 3. The molecule has 0 aliphatic carbocycles. The van der Waals surface area contributed by atoms with Gasteiger partial charge in [-0.25, -0.2) is 0 Å². The van der Waals surface area contributed by atoms with Gasteiger partial charge in [-0.1, -0.05) is 28.8 Å². The lowest BCUT2D eigenvalue weighted by Gasteiger charge is -2.06. The summed E-state index contributed by atoms with van der Waals surface area (Å²) >= 11 is 5.71. The molecule has 1 atom stereocenters. The van der Waals surface area contributed by atoms with Crippen LogP contribution in [0, 0.1) is 0 Å². The van der Waals surface area contributed by atoms with Crippen LogP contribution in [0.3, 0.4) is 0 Å². The Balaban J connectivity index is 3.11. The summed E-state index contributed by atoms with van der Waals surface area (Å²) in [6.07, 6.45) is 0. The Hall–Kier alpha value is -1.71. The molecule has 0 saturated heterocycles. The van der Waals surface area contributed by atoms with Crippen molar-refractivity contribution < 1.29 is 4.79 Å². The Morgan fingerprint density at radius 2 is 2.36 bits per heavy atom. The molecule has 0 heterocycles. The SMILES string of the molecule is [N-]=[N+]=NC(C(N)=O)c1cccc(Cl)c1. The highest BCUT2D eigenvalue weighted by Gasteiger charge is 2.15. The van der Waals surface area contributed by atoms with Crippen molar-refractivity contribution in [3.05, 3.63) is 45.3 Å². The average molecular weight is 211 g/mol. The molecule has 1 unspecified atom stereocenters. The summed E-state index contributed by atoms with van der Waals surface area (Å²) in [5.74, 6) is -0.704. The van der Waals surface area contributed by atoms with E-state index in [0.717, 1.165) is 0 Å². The van der Waals surface area contributed by atoms with Crippen molar-refractivity contribution in [2.75, 3.05) is 0 Å². The number of halogens is 1. The molecule has 6 heteroatoms. The Morgan fingerprint density at radius 1 is 1.64 bits per heavy atom. The third kappa shape index (κ3) is 2.39. The van der Waals surface area contributed by atoms with Crippen molar-refractivity contribution >= 4 is 17.5 Å². The van der Waals surface area contributed by atoms with Crippen LogP contribution in [0.1, 0.15) is 11.6 Å². The first-order valence-corrected chi connectivity index (χ1v) is 4.12. The maximum absolute atomic E-state index is 10.9. The van der Waals surface area contributed by atoms with Gasteiger partial charge in [0.15, 0.2) is 0 Å². The molecule has 0 aliphatic heterocycles. The van der Waals surface area contributed by atoms with E-state index in [1.807, 2.05) is 0 Å². The van der Waals surface area contributed by atoms with Crippen LogP contribution in [0.4, 0.5) is 0 Å². The summed E-state index contributed by atoms with van der Waals surface area (Å²) in [5.41, 5.74) is 13.8. The first-order chi connectivity index (χ1) is 6.65. The second kappa shape index (κ2) is 4.50. The van der Waals surface area contributed by atoms with Crippen LogP contribution in [0.2, 0.25) is 5.02 Å². The van der Waals surface area contributed by atoms with Gasteiger partial charge in [0, 0.05) is 9.93 Å². The average Bonchev–Trinajstić information content (AvgIpc) is 2.13. The standard InChI is InChI=1S/C8H7ClN4O/c9-6-3-1-2-5(4-6)7(8(10)14)12-13-11/h1-4,7H,(H2,10,14). The zero-order valence-corrected chi connectivity index (χ0v) is 7.85. The fourth-order valence-electron chi connectivity index (χ4n) is 1.02. The number of azide groups is 1. The zero-order valence-electron chi connectivity index (χ0n) is 7.09. The van der Waals surface area contributed by atoms with Gasteiger partial charge >= 0.3 is 0 Å². The largest absolute Gasteiger partial charge is 0.369 e. The molecule has 0 fully saturated rings. The Bertz CT molecular complexity index is 398. The lowest BCUT2D eigenvalue weighted by Crippen LogP contribution is -2.19. The van der Waals surface area contributed by atoms with Crippen LogP contribution in [0.25, 0.3) is 10.4 Å². The Kier molecular flexibility index (Phi) is 3.34. The molecule has 0 aromatic heterocycles. The molecule has 14 heavy (non-hydrogen) atoms. The van der Waals surface area contributed by atoms with E-state index in [1.165, 1.54) is 6.07 Å². The van der Waals surface area contributed by atoms with Crippen molar-refractivity contribution in [3.63, 3.8) is 0 Å². The predicted molar refractivity (Wildman–Crippen MR) is 52.5 cm³/mol. The number of nitrogens with two attached hydrogens (primary N) is 1. The number of hydrogen-bond donors (Lipinski definition) is 1. The highest BCUT2D eigenvalue weighted by molar-refractivity contribution is 6.30. The van der Waals surface area contributed by atoms with E-state index >= 15 is 0 Å². The molecule has 0 bridgehead atoms. The number of hydrogen-bond acceptors (Lipinski definition) is 2. The molecule has 72 valence electrons. The Labute approximate surface area is 85.1 Å². The van der Waals surface area contributed by atoms with Crippen LogP contribution in [-0.2, 0) is 4.79 Å². The molecule has 1 aromatic rings. The minimum Gasteiger partial charge on any atom is -0.369 e. The minimum atomic E-state index is -1.00. The molecule has 1 rings (SSSR count). The zero-order chi connectivity index (χ0) is 10.6. The van der Waals surface area contributed by atoms with Crippen LogP contribution in [-0.4, -0.2) is 5.91 Å². The van der Waals surface area contributed by atoms with Crippen molar-refractivity contribution in [2.24, 2.45) is 10.8 Å². The van der Waals surface area contributed by atoms with E-state index in [0.29, 0.717) is 10.6 Å². The lowest BCUT2D eigenvalue weighted by molar-refractivity contribution is -0.119. The molecule has 1 aromatic carbocycles. The topological polar surface area (TPSA) is 91.8 Å². The lowest BCUT2D eigenvalue weighted by atomic mass is 10.1. The van der Waals surface area contributed by atoms with Crippen LogP contribution in [0.5, 0.6) is 0 Å². The molecular weight excluding hydrogens is 204 g/mol. The summed E-state index contributed by atoms with van der Waals surface area (Å²) in [5, 5.41) is 3.74. The highest BCUT2D eigenvalue weighted by Crippen LogP contribution is 2.20. The Morgan fingerprint density at radius 3 is 2.86 bits per heavy atom. The monoisotopic (exact) mass is 210 g/mol. The molecule has 0 radical (unpaired) electrons. The van der Waals surface area contributed by atoms with Gasteiger partial charge in [0.1, 0.15) is 6.04 Å². The summed E-state index contributed by atoms with van der Waals surface area (Å²) in [4.78, 5) is 13.5. The quantitative estimate of drug-likeness (QED) is 0.462. The minimum absolute atomic E-state index is 0.460. The van der Waals surface area contributed by atoms with Gasteiger partial charge in [-0.3, -0.25) is 4.79 Å². The van der Waals surface area contributed by atoms with E-state index in [-0.39, 0.29) is 0 Å². The maximum atomic E-state index is 10.9. The van der Waals surface area contributed by atoms with Crippen LogP contribution in [0.15, 0.2) is 29.4 Å². The van der Waals surface area contributed by atoms with E-state index in [9.17, 15) is 4.79 Å². The number of carbonyl (C=O) groups is 1. The van der Waals surface area contributed by atoms with Crippen molar-refractivity contribution in [1.82, 2.24) is 0 Å². The highest BCUT2D eigenvalue weighted by atomic mass is 35.5. The van der Waals surface area contributed by atoms with E-state index in [4.69, 9.17) is 22.9 Å². The smallest absolute Gasteiger partial charge is 0.230 e. The van der Waals surface area contributed by atoms with Crippen molar-refractivity contribution in [2.45, 2.75) is 6.04 Å². The van der Waals surface area contributed by atoms with Crippen molar-refractivity contribution in [3.8, 4) is 0 Å². The summed E-state index contributed by atoms with van der Waals surface area (Å²) < 4.78 is 0. The van der Waals surface area contributed by atoms with Crippen molar-refractivity contribution in [1.29, 1.82) is 0 Å². The molecule has 0 aliphatic rings. The predicted octanol–water partition coefficient (Wildman–Crippen LogP) is 2.18. The molecule has 1 amide bonds. The van der Waals surface area contributed by atoms with Gasteiger partial charge in [-0.2, -0.15) is 0 Å². The summed E-state index contributed by atoms with van der Waals surface area (Å²) in [7, 11) is 0. The maximum Gasteiger partial charge on any atom is 0.230 e. The number of benzene rings is 1. The van der Waals surface area contributed by atoms with E-state index < -0.39 is 11.9 Å². The van der Waals surface area contributed by atoms with E-state index in [1.54, 1.807) is 18.2 Å². The summed E-state index contributed by atoms with van der Waals surface area (Å²) in [6.45, 7) is 0. The van der Waals surface area contributed by atoms with Crippen LogP contribution < -0.4 is 5.73 Å². The molecule has 0 spiro atoms. The second-order valence-electron chi connectivity index (χ2n) is 2.56. The molecular formula is C8H7ClN4O. The summed E-state index contributed by atoms with van der Waals surface area (Å²) in [6, 6.07) is 5.46. The van der Waals surface area contributed by atoms with Gasteiger partial charge in [-0.15, -0.1) is 0 Å². The second-order valence-corrected chi connectivity index (χ2v) is 3.00.